The maximum atomic E-state index is 13.3. The van der Waals surface area contributed by atoms with Gasteiger partial charge < -0.3 is 10.2 Å². The van der Waals surface area contributed by atoms with Crippen molar-refractivity contribution in [1.29, 1.82) is 0 Å². The standard InChI is InChI=1S/C27H46O3/c1-6-16(2)7-8-17(3)19-9-10-20-18-13-23(28)22-14-24(29)25(30)15-27(22,5)21(18)11-12-26(19,20)4/h16-22,24-25,29-30H,6-15H2,1-5H3/t16?,17-,18+,19-,20+,21+,22-,24+,25-,26-,27-/m1/s1. The molecule has 0 amide bonds. The summed E-state index contributed by atoms with van der Waals surface area (Å²) in [5.41, 5.74) is 0.256. The van der Waals surface area contributed by atoms with Gasteiger partial charge in [-0.2, -0.15) is 0 Å². The Kier molecular flexibility index (Phi) is 6.21. The SMILES string of the molecule is CCC(C)CC[C@@H](C)[C@H]1CC[C@H]2[C@@H]3CC(=O)[C@H]4C[C@H](O)[C@H](O)C[C@]4(C)[C@H]3CC[C@]12C. The summed E-state index contributed by atoms with van der Waals surface area (Å²) < 4.78 is 0. The highest BCUT2D eigenvalue weighted by atomic mass is 16.3. The Morgan fingerprint density at radius 2 is 1.70 bits per heavy atom. The number of fused-ring (bicyclic) bond motifs is 5. The monoisotopic (exact) mass is 418 g/mol. The first-order chi connectivity index (χ1) is 14.1. The molecule has 4 rings (SSSR count). The summed E-state index contributed by atoms with van der Waals surface area (Å²) >= 11 is 0. The van der Waals surface area contributed by atoms with E-state index in [0.717, 1.165) is 24.2 Å². The Labute approximate surface area is 184 Å². The van der Waals surface area contributed by atoms with Crippen molar-refractivity contribution in [3.8, 4) is 0 Å². The Bertz CT molecular complexity index is 646. The molecule has 3 nitrogen and oxygen atoms in total. The quantitative estimate of drug-likeness (QED) is 0.609. The first-order valence-electron chi connectivity index (χ1n) is 13.0. The second-order valence-corrected chi connectivity index (χ2v) is 12.5. The predicted molar refractivity (Wildman–Crippen MR) is 121 cm³/mol. The van der Waals surface area contributed by atoms with Crippen LogP contribution in [-0.2, 0) is 4.79 Å². The van der Waals surface area contributed by atoms with Gasteiger partial charge in [0.25, 0.3) is 0 Å². The minimum atomic E-state index is -0.723. The van der Waals surface area contributed by atoms with Crippen LogP contribution in [0.2, 0.25) is 0 Å². The molecule has 4 saturated carbocycles. The zero-order chi connectivity index (χ0) is 21.8. The molecule has 1 unspecified atom stereocenters. The third-order valence-corrected chi connectivity index (χ3v) is 11.0. The normalized spacial score (nSPS) is 50.4. The maximum absolute atomic E-state index is 13.3. The van der Waals surface area contributed by atoms with E-state index in [1.54, 1.807) is 0 Å². The largest absolute Gasteiger partial charge is 0.390 e. The van der Waals surface area contributed by atoms with Crippen molar-refractivity contribution in [2.45, 2.75) is 111 Å². The van der Waals surface area contributed by atoms with E-state index in [-0.39, 0.29) is 11.3 Å². The fourth-order valence-corrected chi connectivity index (χ4v) is 9.00. The van der Waals surface area contributed by atoms with Crippen LogP contribution in [0.1, 0.15) is 98.8 Å². The number of hydrogen-bond acceptors (Lipinski definition) is 3. The number of carbonyl (C=O) groups is 1. The van der Waals surface area contributed by atoms with Gasteiger partial charge in [-0.25, -0.2) is 0 Å². The second kappa shape index (κ2) is 8.18. The van der Waals surface area contributed by atoms with Gasteiger partial charge in [0.1, 0.15) is 5.78 Å². The minimum Gasteiger partial charge on any atom is -0.390 e. The number of rotatable bonds is 5. The molecule has 172 valence electrons. The zero-order valence-electron chi connectivity index (χ0n) is 20.1. The summed E-state index contributed by atoms with van der Waals surface area (Å²) in [4.78, 5) is 13.3. The van der Waals surface area contributed by atoms with Crippen LogP contribution in [0.3, 0.4) is 0 Å². The van der Waals surface area contributed by atoms with Gasteiger partial charge in [-0.15, -0.1) is 0 Å². The molecule has 4 fully saturated rings. The summed E-state index contributed by atoms with van der Waals surface area (Å²) in [6.45, 7) is 12.0. The van der Waals surface area contributed by atoms with Gasteiger partial charge in [0.2, 0.25) is 0 Å². The van der Waals surface area contributed by atoms with Crippen LogP contribution in [0.4, 0.5) is 0 Å². The Hall–Kier alpha value is -0.410. The minimum absolute atomic E-state index is 0.0480. The van der Waals surface area contributed by atoms with Crippen molar-refractivity contribution >= 4 is 5.78 Å². The Balaban J connectivity index is 1.53. The lowest BCUT2D eigenvalue weighted by Gasteiger charge is -2.61. The smallest absolute Gasteiger partial charge is 0.136 e. The first-order valence-corrected chi connectivity index (χ1v) is 13.0. The fraction of sp³-hybridized carbons (Fsp3) is 0.963. The van der Waals surface area contributed by atoms with Crippen molar-refractivity contribution in [2.75, 3.05) is 0 Å². The number of aliphatic hydroxyl groups is 2. The van der Waals surface area contributed by atoms with Gasteiger partial charge >= 0.3 is 0 Å². The molecule has 30 heavy (non-hydrogen) atoms. The highest BCUT2D eigenvalue weighted by Gasteiger charge is 2.63. The second-order valence-electron chi connectivity index (χ2n) is 12.5. The van der Waals surface area contributed by atoms with Crippen molar-refractivity contribution in [3.05, 3.63) is 0 Å². The average Bonchev–Trinajstić information content (AvgIpc) is 3.05. The van der Waals surface area contributed by atoms with Crippen LogP contribution in [0.5, 0.6) is 0 Å². The Morgan fingerprint density at radius 1 is 1.00 bits per heavy atom. The van der Waals surface area contributed by atoms with Gasteiger partial charge in [0.05, 0.1) is 12.2 Å². The van der Waals surface area contributed by atoms with Crippen LogP contribution >= 0.6 is 0 Å². The number of hydrogen-bond donors (Lipinski definition) is 2. The van der Waals surface area contributed by atoms with E-state index in [1.165, 1.54) is 44.9 Å². The summed E-state index contributed by atoms with van der Waals surface area (Å²) in [6, 6.07) is 0. The van der Waals surface area contributed by atoms with Crippen molar-refractivity contribution in [3.63, 3.8) is 0 Å². The fourth-order valence-electron chi connectivity index (χ4n) is 9.00. The molecule has 0 bridgehead atoms. The Morgan fingerprint density at radius 3 is 2.40 bits per heavy atom. The lowest BCUT2D eigenvalue weighted by molar-refractivity contribution is -0.173. The molecule has 4 aliphatic carbocycles. The highest BCUT2D eigenvalue weighted by molar-refractivity contribution is 5.83. The molecule has 0 spiro atoms. The van der Waals surface area contributed by atoms with Crippen molar-refractivity contribution in [2.24, 2.45) is 52.3 Å². The molecule has 4 aliphatic rings. The van der Waals surface area contributed by atoms with Gasteiger partial charge in [-0.05, 0) is 84.9 Å². The van der Waals surface area contributed by atoms with Gasteiger partial charge in [0, 0.05) is 12.3 Å². The number of carbonyl (C=O) groups excluding carboxylic acids is 1. The predicted octanol–water partition coefficient (Wildman–Crippen LogP) is 5.62. The molecule has 0 aromatic rings. The summed E-state index contributed by atoms with van der Waals surface area (Å²) in [5, 5.41) is 20.7. The van der Waals surface area contributed by atoms with E-state index in [1.807, 2.05) is 0 Å². The maximum Gasteiger partial charge on any atom is 0.136 e. The van der Waals surface area contributed by atoms with E-state index in [4.69, 9.17) is 0 Å². The van der Waals surface area contributed by atoms with Crippen molar-refractivity contribution in [1.82, 2.24) is 0 Å². The van der Waals surface area contributed by atoms with Crippen LogP contribution < -0.4 is 0 Å². The van der Waals surface area contributed by atoms with Crippen LogP contribution in [-0.4, -0.2) is 28.2 Å². The number of aliphatic hydroxyl groups excluding tert-OH is 2. The number of ketones is 1. The number of Topliss-reactive ketones (excluding diaryl/α,β-unsaturated/α-hetero) is 1. The molecule has 0 radical (unpaired) electrons. The first kappa shape index (κ1) is 22.8. The molecule has 0 aromatic heterocycles. The molecule has 0 aromatic carbocycles. The highest BCUT2D eigenvalue weighted by Crippen LogP contribution is 2.67. The molecule has 3 heteroatoms. The zero-order valence-corrected chi connectivity index (χ0v) is 20.1. The molecule has 11 atom stereocenters. The van der Waals surface area contributed by atoms with Crippen LogP contribution in [0.15, 0.2) is 0 Å². The van der Waals surface area contributed by atoms with Crippen LogP contribution in [0, 0.1) is 52.3 Å². The topological polar surface area (TPSA) is 57.5 Å². The summed E-state index contributed by atoms with van der Waals surface area (Å²) in [5.74, 6) is 4.43. The molecule has 0 saturated heterocycles. The van der Waals surface area contributed by atoms with Crippen LogP contribution in [0.25, 0.3) is 0 Å². The molecular weight excluding hydrogens is 372 g/mol. The van der Waals surface area contributed by atoms with Gasteiger partial charge in [0.15, 0.2) is 0 Å². The van der Waals surface area contributed by atoms with Gasteiger partial charge in [-0.1, -0.05) is 53.9 Å². The lowest BCUT2D eigenvalue weighted by atomic mass is 9.44. The van der Waals surface area contributed by atoms with E-state index in [2.05, 4.69) is 34.6 Å². The van der Waals surface area contributed by atoms with Gasteiger partial charge in [-0.3, -0.25) is 4.79 Å². The molecule has 0 heterocycles. The third-order valence-electron chi connectivity index (χ3n) is 11.0. The third kappa shape index (κ3) is 3.51. The average molecular weight is 419 g/mol. The molecular formula is C27H46O3. The van der Waals surface area contributed by atoms with E-state index < -0.39 is 12.2 Å². The lowest BCUT2D eigenvalue weighted by Crippen LogP contribution is -2.59. The summed E-state index contributed by atoms with van der Waals surface area (Å²) in [6.07, 6.45) is 9.49. The van der Waals surface area contributed by atoms with E-state index in [9.17, 15) is 15.0 Å². The molecule has 0 aliphatic heterocycles. The van der Waals surface area contributed by atoms with Crippen molar-refractivity contribution < 1.29 is 15.0 Å². The summed E-state index contributed by atoms with van der Waals surface area (Å²) in [7, 11) is 0. The molecule has 2 N–H and O–H groups in total. The van der Waals surface area contributed by atoms with E-state index in [0.29, 0.717) is 41.8 Å². The van der Waals surface area contributed by atoms with E-state index >= 15 is 0 Å².